The van der Waals surface area contributed by atoms with Crippen LogP contribution in [0.25, 0.3) is 20.8 Å². The van der Waals surface area contributed by atoms with Gasteiger partial charge >= 0.3 is 0 Å². The molecule has 0 radical (unpaired) electrons. The molecule has 2 N–H and O–H groups in total. The Morgan fingerprint density at radius 2 is 2.06 bits per heavy atom. The number of anilines is 1. The maximum Gasteiger partial charge on any atom is 0.126 e. The molecule has 0 saturated carbocycles. The number of hydrogen-bond donors (Lipinski definition) is 1. The number of pyridine rings is 1. The SMILES string of the molecule is Cc1ccc2nc(-c3cncc(N)c3)sc2c1. The van der Waals surface area contributed by atoms with Gasteiger partial charge in [-0.1, -0.05) is 6.07 Å². The standard InChI is InChI=1S/C13H11N3S/c1-8-2-3-11-12(4-8)17-13(16-11)9-5-10(14)7-15-6-9/h2-7H,14H2,1H3. The van der Waals surface area contributed by atoms with Gasteiger partial charge in [-0.15, -0.1) is 11.3 Å². The van der Waals surface area contributed by atoms with E-state index in [0.717, 1.165) is 16.1 Å². The highest BCUT2D eigenvalue weighted by atomic mass is 32.1. The predicted molar refractivity (Wildman–Crippen MR) is 72.0 cm³/mol. The molecule has 0 aliphatic carbocycles. The average molecular weight is 241 g/mol. The van der Waals surface area contributed by atoms with E-state index < -0.39 is 0 Å². The van der Waals surface area contributed by atoms with E-state index in [0.29, 0.717) is 5.69 Å². The minimum atomic E-state index is 0.665. The third-order valence-electron chi connectivity index (χ3n) is 2.55. The van der Waals surface area contributed by atoms with Crippen molar-refractivity contribution >= 4 is 27.2 Å². The summed E-state index contributed by atoms with van der Waals surface area (Å²) in [6, 6.07) is 8.17. The van der Waals surface area contributed by atoms with Crippen LogP contribution in [0.15, 0.2) is 36.7 Å². The molecule has 0 fully saturated rings. The maximum absolute atomic E-state index is 5.73. The lowest BCUT2D eigenvalue weighted by Gasteiger charge is -1.95. The lowest BCUT2D eigenvalue weighted by molar-refractivity contribution is 1.32. The van der Waals surface area contributed by atoms with Gasteiger partial charge in [0.25, 0.3) is 0 Å². The number of hydrogen-bond acceptors (Lipinski definition) is 4. The fraction of sp³-hybridized carbons (Fsp3) is 0.0769. The second-order valence-electron chi connectivity index (χ2n) is 4.00. The molecule has 0 aliphatic heterocycles. The number of nitrogen functional groups attached to an aromatic ring is 1. The van der Waals surface area contributed by atoms with E-state index in [-0.39, 0.29) is 0 Å². The highest BCUT2D eigenvalue weighted by Gasteiger charge is 2.06. The first-order chi connectivity index (χ1) is 8.22. The quantitative estimate of drug-likeness (QED) is 0.711. The Labute approximate surface area is 103 Å². The molecule has 2 heterocycles. The molecule has 1 aromatic carbocycles. The summed E-state index contributed by atoms with van der Waals surface area (Å²) in [6.07, 6.45) is 3.43. The van der Waals surface area contributed by atoms with Gasteiger partial charge in [-0.2, -0.15) is 0 Å². The number of aromatic nitrogens is 2. The first-order valence-electron chi connectivity index (χ1n) is 5.30. The van der Waals surface area contributed by atoms with Gasteiger partial charge in [0.05, 0.1) is 15.9 Å². The molecule has 3 aromatic rings. The van der Waals surface area contributed by atoms with Crippen LogP contribution < -0.4 is 5.73 Å². The van der Waals surface area contributed by atoms with Crippen molar-refractivity contribution in [2.24, 2.45) is 0 Å². The molecule has 0 bridgehead atoms. The van der Waals surface area contributed by atoms with E-state index in [1.165, 1.54) is 10.3 Å². The molecule has 0 atom stereocenters. The van der Waals surface area contributed by atoms with Crippen LogP contribution in [0.3, 0.4) is 0 Å². The molecule has 17 heavy (non-hydrogen) atoms. The Hall–Kier alpha value is -1.94. The maximum atomic E-state index is 5.73. The van der Waals surface area contributed by atoms with Crippen LogP contribution in [-0.4, -0.2) is 9.97 Å². The van der Waals surface area contributed by atoms with Crippen LogP contribution in [0.2, 0.25) is 0 Å². The van der Waals surface area contributed by atoms with Crippen molar-refractivity contribution in [3.8, 4) is 10.6 Å². The molecule has 3 nitrogen and oxygen atoms in total. The van der Waals surface area contributed by atoms with Crippen molar-refractivity contribution in [1.29, 1.82) is 0 Å². The summed E-state index contributed by atoms with van der Waals surface area (Å²) in [6.45, 7) is 2.08. The number of rotatable bonds is 1. The lowest BCUT2D eigenvalue weighted by atomic mass is 10.2. The largest absolute Gasteiger partial charge is 0.397 e. The van der Waals surface area contributed by atoms with Crippen molar-refractivity contribution < 1.29 is 0 Å². The van der Waals surface area contributed by atoms with Crippen molar-refractivity contribution in [2.45, 2.75) is 6.92 Å². The molecule has 0 spiro atoms. The summed E-state index contributed by atoms with van der Waals surface area (Å²) in [4.78, 5) is 8.68. The second kappa shape index (κ2) is 3.82. The highest BCUT2D eigenvalue weighted by Crippen LogP contribution is 2.30. The Bertz CT molecular complexity index is 688. The Balaban J connectivity index is 2.18. The van der Waals surface area contributed by atoms with Crippen LogP contribution in [0.5, 0.6) is 0 Å². The molecule has 3 rings (SSSR count). The smallest absolute Gasteiger partial charge is 0.126 e. The summed E-state index contributed by atoms with van der Waals surface area (Å²) < 4.78 is 1.20. The summed E-state index contributed by atoms with van der Waals surface area (Å²) >= 11 is 1.67. The van der Waals surface area contributed by atoms with E-state index >= 15 is 0 Å². The van der Waals surface area contributed by atoms with Crippen LogP contribution in [0, 0.1) is 6.92 Å². The van der Waals surface area contributed by atoms with Gasteiger partial charge in [-0.25, -0.2) is 4.98 Å². The van der Waals surface area contributed by atoms with Crippen LogP contribution in [0.4, 0.5) is 5.69 Å². The minimum Gasteiger partial charge on any atom is -0.397 e. The van der Waals surface area contributed by atoms with Crippen molar-refractivity contribution in [1.82, 2.24) is 9.97 Å². The Kier molecular flexibility index (Phi) is 2.30. The molecule has 0 saturated heterocycles. The van der Waals surface area contributed by atoms with E-state index in [1.807, 2.05) is 12.1 Å². The third-order valence-corrected chi connectivity index (χ3v) is 3.62. The number of aryl methyl sites for hydroxylation is 1. The summed E-state index contributed by atoms with van der Waals surface area (Å²) in [5.41, 5.74) is 9.64. The van der Waals surface area contributed by atoms with E-state index in [4.69, 9.17) is 5.73 Å². The monoisotopic (exact) mass is 241 g/mol. The summed E-state index contributed by atoms with van der Waals surface area (Å²) in [5, 5.41) is 0.963. The second-order valence-corrected chi connectivity index (χ2v) is 5.03. The van der Waals surface area contributed by atoms with Crippen LogP contribution in [-0.2, 0) is 0 Å². The summed E-state index contributed by atoms with van der Waals surface area (Å²) in [7, 11) is 0. The third kappa shape index (κ3) is 1.87. The highest BCUT2D eigenvalue weighted by molar-refractivity contribution is 7.21. The summed E-state index contributed by atoms with van der Waals surface area (Å²) in [5.74, 6) is 0. The number of nitrogens with zero attached hydrogens (tertiary/aromatic N) is 2. The van der Waals surface area contributed by atoms with Gasteiger partial charge in [0.2, 0.25) is 0 Å². The van der Waals surface area contributed by atoms with Gasteiger partial charge in [0.15, 0.2) is 0 Å². The topological polar surface area (TPSA) is 51.8 Å². The van der Waals surface area contributed by atoms with E-state index in [1.54, 1.807) is 23.7 Å². The lowest BCUT2D eigenvalue weighted by Crippen LogP contribution is -1.86. The number of thiazole rings is 1. The Morgan fingerprint density at radius 1 is 1.18 bits per heavy atom. The van der Waals surface area contributed by atoms with Gasteiger partial charge in [0.1, 0.15) is 5.01 Å². The normalized spacial score (nSPS) is 10.9. The van der Waals surface area contributed by atoms with Crippen LogP contribution >= 0.6 is 11.3 Å². The predicted octanol–water partition coefficient (Wildman–Crippen LogP) is 3.25. The molecule has 4 heteroatoms. The Morgan fingerprint density at radius 3 is 2.88 bits per heavy atom. The van der Waals surface area contributed by atoms with Gasteiger partial charge < -0.3 is 5.73 Å². The van der Waals surface area contributed by atoms with Gasteiger partial charge in [0, 0.05) is 18.0 Å². The fourth-order valence-corrected chi connectivity index (χ4v) is 2.77. The molecular weight excluding hydrogens is 230 g/mol. The van der Waals surface area contributed by atoms with E-state index in [2.05, 4.69) is 29.0 Å². The number of benzene rings is 1. The average Bonchev–Trinajstić information content (AvgIpc) is 2.72. The first-order valence-corrected chi connectivity index (χ1v) is 6.12. The zero-order chi connectivity index (χ0) is 11.8. The minimum absolute atomic E-state index is 0.665. The first kappa shape index (κ1) is 10.2. The van der Waals surface area contributed by atoms with E-state index in [9.17, 15) is 0 Å². The van der Waals surface area contributed by atoms with Crippen molar-refractivity contribution in [3.63, 3.8) is 0 Å². The molecule has 0 amide bonds. The van der Waals surface area contributed by atoms with Crippen molar-refractivity contribution in [3.05, 3.63) is 42.2 Å². The number of nitrogens with two attached hydrogens (primary N) is 1. The molecule has 0 unspecified atom stereocenters. The van der Waals surface area contributed by atoms with Crippen molar-refractivity contribution in [2.75, 3.05) is 5.73 Å². The molecule has 2 aromatic heterocycles. The molecule has 84 valence electrons. The van der Waals surface area contributed by atoms with Gasteiger partial charge in [-0.3, -0.25) is 4.98 Å². The zero-order valence-electron chi connectivity index (χ0n) is 9.34. The molecule has 0 aliphatic rings. The zero-order valence-corrected chi connectivity index (χ0v) is 10.2. The van der Waals surface area contributed by atoms with Gasteiger partial charge in [-0.05, 0) is 30.7 Å². The fourth-order valence-electron chi connectivity index (χ4n) is 1.73. The number of fused-ring (bicyclic) bond motifs is 1. The van der Waals surface area contributed by atoms with Crippen LogP contribution in [0.1, 0.15) is 5.56 Å². The molecular formula is C13H11N3S.